The molecule has 0 fully saturated rings. The standard InChI is InChI=1S/C26H25F2N3O5/c1-4-5-12-16-19(20-17(34-2)13-9-14-18(20)35-3)22(32)21(23(33)29-16)24-30-31-25(36-24)26(27,28)15-10-7-6-8-11-15/h6-11,13-14H,4-5,12H2,1-3H3,(H2,29,32,33). The normalized spacial score (nSPS) is 11.5. The van der Waals surface area contributed by atoms with Gasteiger partial charge in [0.25, 0.3) is 17.3 Å². The second-order valence-corrected chi connectivity index (χ2v) is 8.03. The fourth-order valence-corrected chi connectivity index (χ4v) is 3.97. The van der Waals surface area contributed by atoms with Gasteiger partial charge in [0.2, 0.25) is 0 Å². The molecule has 0 amide bonds. The molecule has 0 aliphatic carbocycles. The Morgan fingerprint density at radius 3 is 2.25 bits per heavy atom. The number of nitrogens with one attached hydrogen (secondary N) is 1. The third-order valence-corrected chi connectivity index (χ3v) is 5.77. The van der Waals surface area contributed by atoms with E-state index in [9.17, 15) is 18.7 Å². The molecule has 0 saturated carbocycles. The summed E-state index contributed by atoms with van der Waals surface area (Å²) in [6, 6.07) is 12.0. The molecule has 2 aromatic heterocycles. The Kier molecular flexibility index (Phi) is 7.05. The third kappa shape index (κ3) is 4.41. The summed E-state index contributed by atoms with van der Waals surface area (Å²) in [7, 11) is 2.92. The highest BCUT2D eigenvalue weighted by molar-refractivity contribution is 5.87. The number of pyridine rings is 1. The maximum atomic E-state index is 15.0. The molecule has 0 bridgehead atoms. The summed E-state index contributed by atoms with van der Waals surface area (Å²) in [6.45, 7) is 1.99. The summed E-state index contributed by atoms with van der Waals surface area (Å²) in [5, 5.41) is 18.5. The summed E-state index contributed by atoms with van der Waals surface area (Å²) in [4.78, 5) is 15.8. The Balaban J connectivity index is 1.93. The predicted octanol–water partition coefficient (Wildman–Crippen LogP) is 5.30. The Hall–Kier alpha value is -4.21. The first-order chi connectivity index (χ1) is 17.3. The lowest BCUT2D eigenvalue weighted by Crippen LogP contribution is -2.15. The van der Waals surface area contributed by atoms with E-state index in [1.807, 2.05) is 6.92 Å². The van der Waals surface area contributed by atoms with Crippen LogP contribution in [-0.4, -0.2) is 34.5 Å². The van der Waals surface area contributed by atoms with Crippen LogP contribution in [0.15, 0.2) is 57.7 Å². The van der Waals surface area contributed by atoms with Gasteiger partial charge in [-0.2, -0.15) is 8.78 Å². The number of aromatic amines is 1. The van der Waals surface area contributed by atoms with Crippen molar-refractivity contribution in [1.29, 1.82) is 0 Å². The molecule has 4 aromatic rings. The number of aromatic hydroxyl groups is 1. The van der Waals surface area contributed by atoms with Crippen LogP contribution in [0.2, 0.25) is 0 Å². The van der Waals surface area contributed by atoms with Crippen LogP contribution in [0.25, 0.3) is 22.6 Å². The van der Waals surface area contributed by atoms with Crippen LogP contribution in [0, 0.1) is 0 Å². The molecular weight excluding hydrogens is 472 g/mol. The fourth-order valence-electron chi connectivity index (χ4n) is 3.97. The van der Waals surface area contributed by atoms with Gasteiger partial charge >= 0.3 is 5.92 Å². The van der Waals surface area contributed by atoms with Gasteiger partial charge in [-0.3, -0.25) is 4.79 Å². The molecule has 0 radical (unpaired) electrons. The molecule has 8 nitrogen and oxygen atoms in total. The molecule has 0 aliphatic rings. The van der Waals surface area contributed by atoms with Crippen molar-refractivity contribution in [2.75, 3.05) is 14.2 Å². The molecule has 10 heteroatoms. The first kappa shape index (κ1) is 24.9. The maximum Gasteiger partial charge on any atom is 0.349 e. The van der Waals surface area contributed by atoms with Crippen molar-refractivity contribution in [3.63, 3.8) is 0 Å². The zero-order valence-electron chi connectivity index (χ0n) is 20.0. The zero-order chi connectivity index (χ0) is 25.9. The number of nitrogens with zero attached hydrogens (tertiary/aromatic N) is 2. The summed E-state index contributed by atoms with van der Waals surface area (Å²) in [5.74, 6) is -4.91. The molecule has 2 N–H and O–H groups in total. The van der Waals surface area contributed by atoms with Crippen LogP contribution in [0.3, 0.4) is 0 Å². The summed E-state index contributed by atoms with van der Waals surface area (Å²) in [6.07, 6.45) is 1.97. The minimum Gasteiger partial charge on any atom is -0.506 e. The number of aryl methyl sites for hydroxylation is 1. The number of hydrogen-bond acceptors (Lipinski definition) is 7. The van der Waals surface area contributed by atoms with E-state index in [1.165, 1.54) is 38.5 Å². The van der Waals surface area contributed by atoms with E-state index in [0.717, 1.165) is 6.42 Å². The first-order valence-corrected chi connectivity index (χ1v) is 11.3. The monoisotopic (exact) mass is 497 g/mol. The minimum atomic E-state index is -3.61. The van der Waals surface area contributed by atoms with Crippen LogP contribution >= 0.6 is 0 Å². The van der Waals surface area contributed by atoms with Crippen LogP contribution < -0.4 is 15.0 Å². The number of rotatable bonds is 9. The van der Waals surface area contributed by atoms with Gasteiger partial charge in [-0.25, -0.2) is 0 Å². The zero-order valence-corrected chi connectivity index (χ0v) is 20.0. The van der Waals surface area contributed by atoms with Gasteiger partial charge in [0.1, 0.15) is 22.8 Å². The fraction of sp³-hybridized carbons (Fsp3) is 0.269. The Bertz CT molecular complexity index is 1390. The second-order valence-electron chi connectivity index (χ2n) is 8.03. The van der Waals surface area contributed by atoms with Crippen LogP contribution in [0.1, 0.15) is 36.9 Å². The summed E-state index contributed by atoms with van der Waals surface area (Å²) < 4.78 is 46.2. The quantitative estimate of drug-likeness (QED) is 0.323. The van der Waals surface area contributed by atoms with Crippen molar-refractivity contribution in [3.8, 4) is 39.8 Å². The number of ether oxygens (including phenoxy) is 2. The summed E-state index contributed by atoms with van der Waals surface area (Å²) >= 11 is 0. The number of unbranched alkanes of at least 4 members (excludes halogenated alkanes) is 1. The molecular formula is C26H25F2N3O5. The van der Waals surface area contributed by atoms with Gasteiger partial charge in [-0.1, -0.05) is 49.7 Å². The van der Waals surface area contributed by atoms with E-state index >= 15 is 0 Å². The number of alkyl halides is 2. The van der Waals surface area contributed by atoms with E-state index in [2.05, 4.69) is 15.2 Å². The summed E-state index contributed by atoms with van der Waals surface area (Å²) in [5.41, 5.74) is -0.497. The molecule has 188 valence electrons. The van der Waals surface area contributed by atoms with Crippen molar-refractivity contribution in [2.45, 2.75) is 32.1 Å². The highest BCUT2D eigenvalue weighted by Crippen LogP contribution is 2.46. The number of aromatic nitrogens is 3. The minimum absolute atomic E-state index is 0.224. The largest absolute Gasteiger partial charge is 0.506 e. The number of hydrogen-bond donors (Lipinski definition) is 2. The number of methoxy groups -OCH3 is 2. The number of benzene rings is 2. The molecule has 36 heavy (non-hydrogen) atoms. The molecule has 2 aromatic carbocycles. The molecule has 0 unspecified atom stereocenters. The highest BCUT2D eigenvalue weighted by Gasteiger charge is 2.41. The first-order valence-electron chi connectivity index (χ1n) is 11.3. The lowest BCUT2D eigenvalue weighted by Gasteiger charge is -2.18. The number of H-pyrrole nitrogens is 1. The van der Waals surface area contributed by atoms with Gasteiger partial charge in [-0.15, -0.1) is 10.2 Å². The van der Waals surface area contributed by atoms with Crippen molar-refractivity contribution < 1.29 is 27.8 Å². The van der Waals surface area contributed by atoms with E-state index in [0.29, 0.717) is 35.6 Å². The molecule has 2 heterocycles. The lowest BCUT2D eigenvalue weighted by atomic mass is 9.96. The lowest BCUT2D eigenvalue weighted by molar-refractivity contribution is 0.0135. The van der Waals surface area contributed by atoms with Crippen LogP contribution in [0.4, 0.5) is 8.78 Å². The highest BCUT2D eigenvalue weighted by atomic mass is 19.3. The molecule has 0 atom stereocenters. The van der Waals surface area contributed by atoms with Gasteiger partial charge in [0.05, 0.1) is 25.3 Å². The van der Waals surface area contributed by atoms with Gasteiger partial charge in [-0.05, 0) is 25.0 Å². The maximum absolute atomic E-state index is 15.0. The van der Waals surface area contributed by atoms with Gasteiger partial charge in [0.15, 0.2) is 0 Å². The number of halogens is 2. The Labute approximate surface area is 205 Å². The average molecular weight is 497 g/mol. The van der Waals surface area contributed by atoms with Crippen LogP contribution in [0.5, 0.6) is 17.2 Å². The molecule has 0 aliphatic heterocycles. The van der Waals surface area contributed by atoms with Crippen molar-refractivity contribution in [2.24, 2.45) is 0 Å². The van der Waals surface area contributed by atoms with E-state index in [4.69, 9.17) is 13.9 Å². The van der Waals surface area contributed by atoms with E-state index < -0.39 is 34.6 Å². The van der Waals surface area contributed by atoms with Gasteiger partial charge in [0, 0.05) is 11.3 Å². The topological polar surface area (TPSA) is 110 Å². The predicted molar refractivity (Wildman–Crippen MR) is 129 cm³/mol. The molecule has 0 spiro atoms. The van der Waals surface area contributed by atoms with Crippen molar-refractivity contribution >= 4 is 0 Å². The SMILES string of the molecule is CCCCc1[nH]c(=O)c(-c2nnc(C(F)(F)c3ccccc3)o2)c(O)c1-c1c(OC)cccc1OC. The second kappa shape index (κ2) is 10.2. The van der Waals surface area contributed by atoms with E-state index in [-0.39, 0.29) is 11.1 Å². The van der Waals surface area contributed by atoms with Crippen LogP contribution in [-0.2, 0) is 12.3 Å². The molecule has 4 rings (SSSR count). The Morgan fingerprint density at radius 1 is 0.972 bits per heavy atom. The molecule has 0 saturated heterocycles. The van der Waals surface area contributed by atoms with Gasteiger partial charge < -0.3 is 24.0 Å². The third-order valence-electron chi connectivity index (χ3n) is 5.77. The average Bonchev–Trinajstić information content (AvgIpc) is 3.38. The van der Waals surface area contributed by atoms with E-state index in [1.54, 1.807) is 24.3 Å². The van der Waals surface area contributed by atoms with Crippen molar-refractivity contribution in [3.05, 3.63) is 76.0 Å². The Morgan fingerprint density at radius 2 is 1.64 bits per heavy atom. The smallest absolute Gasteiger partial charge is 0.349 e. The van der Waals surface area contributed by atoms with Crippen molar-refractivity contribution in [1.82, 2.24) is 15.2 Å².